The molecule has 10 nitrogen and oxygen atoms in total. The predicted octanol–water partition coefficient (Wildman–Crippen LogP) is 1.48. The van der Waals surface area contributed by atoms with E-state index in [0.717, 1.165) is 6.20 Å². The second-order valence-electron chi connectivity index (χ2n) is 4.81. The Morgan fingerprint density at radius 1 is 1.19 bits per heavy atom. The number of hydrogen-bond acceptors (Lipinski definition) is 8. The van der Waals surface area contributed by atoms with Crippen molar-refractivity contribution in [3.8, 4) is 17.1 Å². The van der Waals surface area contributed by atoms with Crippen molar-refractivity contribution in [2.45, 2.75) is 6.54 Å². The summed E-state index contributed by atoms with van der Waals surface area (Å²) in [5.41, 5.74) is 1.16. The Bertz CT molecular complexity index is 1060. The van der Waals surface area contributed by atoms with E-state index in [4.69, 9.17) is 4.74 Å². The summed E-state index contributed by atoms with van der Waals surface area (Å²) in [7, 11) is -2.88. The highest BCUT2D eigenvalue weighted by molar-refractivity contribution is 7.62. The summed E-state index contributed by atoms with van der Waals surface area (Å²) in [6.45, 7) is 0.219. The number of ether oxygens (including phenoxy) is 1. The minimum absolute atomic E-state index is 0.107. The van der Waals surface area contributed by atoms with Gasteiger partial charge in [0.05, 0.1) is 11.9 Å². The summed E-state index contributed by atoms with van der Waals surface area (Å²) in [5.74, 6) is -0.0118. The predicted molar refractivity (Wildman–Crippen MR) is 83.9 cm³/mol. The number of halogens is 1. The van der Waals surface area contributed by atoms with Crippen LogP contribution in [0, 0.1) is 5.82 Å². The number of nitrogens with zero attached hydrogens (tertiary/aromatic N) is 6. The number of rotatable bonds is 4. The average molecular weight is 376 g/mol. The number of pyridine rings is 1. The molecule has 0 aliphatic carbocycles. The van der Waals surface area contributed by atoms with Crippen LogP contribution < -0.4 is 4.74 Å². The van der Waals surface area contributed by atoms with Gasteiger partial charge in [-0.05, 0) is 41.6 Å². The highest BCUT2D eigenvalue weighted by Crippen LogP contribution is 2.19. The highest BCUT2D eigenvalue weighted by atomic mass is 32.2. The maximum Gasteiger partial charge on any atom is 0.454 e. The van der Waals surface area contributed by atoms with Crippen LogP contribution in [0.4, 0.5) is 9.18 Å². The molecule has 0 spiro atoms. The van der Waals surface area contributed by atoms with Gasteiger partial charge in [-0.1, -0.05) is 4.36 Å². The quantitative estimate of drug-likeness (QED) is 0.669. The Kier molecular flexibility index (Phi) is 5.03. The first kappa shape index (κ1) is 17.3. The molecule has 26 heavy (non-hydrogen) atoms. The van der Waals surface area contributed by atoms with Gasteiger partial charge in [-0.3, -0.25) is 4.98 Å². The molecular formula is C14H9FN6O4S. The van der Waals surface area contributed by atoms with E-state index >= 15 is 0 Å². The lowest BCUT2D eigenvalue weighted by Crippen LogP contribution is -2.05. The van der Waals surface area contributed by atoms with Gasteiger partial charge in [0.15, 0.2) is 0 Å². The SMILES string of the molecule is O=C(N=S(=O)=O)Oc1ccc(-c2nnn(Cc3ccc(F)cn3)n2)cc1. The smallest absolute Gasteiger partial charge is 0.408 e. The second kappa shape index (κ2) is 7.57. The topological polar surface area (TPSA) is 129 Å². The lowest BCUT2D eigenvalue weighted by Gasteiger charge is -2.00. The zero-order valence-electron chi connectivity index (χ0n) is 12.9. The minimum atomic E-state index is -2.88. The zero-order chi connectivity index (χ0) is 18.5. The summed E-state index contributed by atoms with van der Waals surface area (Å²) in [6.07, 6.45) is -0.149. The largest absolute Gasteiger partial charge is 0.454 e. The average Bonchev–Trinajstić information content (AvgIpc) is 3.05. The zero-order valence-corrected chi connectivity index (χ0v) is 13.7. The summed E-state index contributed by atoms with van der Waals surface area (Å²) < 4.78 is 40.8. The van der Waals surface area contributed by atoms with E-state index in [0.29, 0.717) is 17.1 Å². The molecule has 0 N–H and O–H groups in total. The molecule has 0 atom stereocenters. The fourth-order valence-corrected chi connectivity index (χ4v) is 2.08. The van der Waals surface area contributed by atoms with Gasteiger partial charge >= 0.3 is 16.6 Å². The third-order valence-electron chi connectivity index (χ3n) is 3.01. The monoisotopic (exact) mass is 376 g/mol. The first-order chi connectivity index (χ1) is 12.5. The molecule has 12 heteroatoms. The van der Waals surface area contributed by atoms with Gasteiger partial charge in [-0.25, -0.2) is 9.18 Å². The van der Waals surface area contributed by atoms with Crippen molar-refractivity contribution >= 4 is 16.6 Å². The van der Waals surface area contributed by atoms with Crippen LogP contribution in [0.25, 0.3) is 11.4 Å². The number of tetrazole rings is 1. The molecule has 0 bridgehead atoms. The van der Waals surface area contributed by atoms with Gasteiger partial charge in [0, 0.05) is 5.56 Å². The van der Waals surface area contributed by atoms with Crippen LogP contribution in [0.1, 0.15) is 5.69 Å². The van der Waals surface area contributed by atoms with Gasteiger partial charge in [-0.2, -0.15) is 13.2 Å². The molecule has 0 unspecified atom stereocenters. The summed E-state index contributed by atoms with van der Waals surface area (Å²) in [5, 5.41) is 12.0. The maximum absolute atomic E-state index is 12.8. The number of amides is 1. The Labute approximate surface area is 147 Å². The third-order valence-corrected chi connectivity index (χ3v) is 3.31. The van der Waals surface area contributed by atoms with E-state index in [9.17, 15) is 17.6 Å². The van der Waals surface area contributed by atoms with Crippen LogP contribution in [0.15, 0.2) is 47.0 Å². The number of carbonyl (C=O) groups excluding carboxylic acids is 1. The third kappa shape index (κ3) is 4.51. The first-order valence-electron chi connectivity index (χ1n) is 7.01. The van der Waals surface area contributed by atoms with Crippen molar-refractivity contribution in [1.29, 1.82) is 0 Å². The molecule has 0 fully saturated rings. The molecule has 0 saturated carbocycles. The van der Waals surface area contributed by atoms with Gasteiger partial charge in [0.25, 0.3) is 0 Å². The van der Waals surface area contributed by atoms with Crippen LogP contribution in [0.3, 0.4) is 0 Å². The fourth-order valence-electron chi connectivity index (χ4n) is 1.92. The summed E-state index contributed by atoms with van der Waals surface area (Å²) in [4.78, 5) is 16.3. The van der Waals surface area contributed by atoms with Crippen molar-refractivity contribution in [3.05, 3.63) is 54.1 Å². The number of hydrogen-bond donors (Lipinski definition) is 0. The van der Waals surface area contributed by atoms with Crippen molar-refractivity contribution in [2.75, 3.05) is 0 Å². The first-order valence-corrected chi connectivity index (χ1v) is 8.04. The molecule has 3 aromatic rings. The number of aromatic nitrogens is 5. The lowest BCUT2D eigenvalue weighted by molar-refractivity contribution is 0.212. The molecule has 1 aromatic carbocycles. The van der Waals surface area contributed by atoms with E-state index in [1.54, 1.807) is 12.1 Å². The van der Waals surface area contributed by atoms with Crippen molar-refractivity contribution in [2.24, 2.45) is 4.36 Å². The van der Waals surface area contributed by atoms with E-state index < -0.39 is 22.4 Å². The molecule has 0 aliphatic heterocycles. The van der Waals surface area contributed by atoms with Gasteiger partial charge < -0.3 is 4.74 Å². The van der Waals surface area contributed by atoms with Crippen molar-refractivity contribution in [3.63, 3.8) is 0 Å². The molecule has 1 amide bonds. The Morgan fingerprint density at radius 3 is 2.62 bits per heavy atom. The highest BCUT2D eigenvalue weighted by Gasteiger charge is 2.09. The Morgan fingerprint density at radius 2 is 1.96 bits per heavy atom. The van der Waals surface area contributed by atoms with Crippen LogP contribution in [-0.4, -0.2) is 39.7 Å². The minimum Gasteiger partial charge on any atom is -0.408 e. The van der Waals surface area contributed by atoms with Crippen molar-refractivity contribution < 1.29 is 22.3 Å². The normalized spacial score (nSPS) is 10.3. The molecule has 0 saturated heterocycles. The van der Waals surface area contributed by atoms with Crippen LogP contribution in [0.5, 0.6) is 5.75 Å². The van der Waals surface area contributed by atoms with Gasteiger partial charge in [0.1, 0.15) is 18.1 Å². The maximum atomic E-state index is 12.8. The standard InChI is InChI=1S/C14H9FN6O4S/c15-10-3-4-11(16-7-10)8-21-18-13(17-20-21)9-1-5-12(6-2-9)25-14(22)19-26(23)24/h1-7H,8H2. The van der Waals surface area contributed by atoms with Crippen LogP contribution >= 0.6 is 0 Å². The molecule has 0 aliphatic rings. The van der Waals surface area contributed by atoms with E-state index in [1.165, 1.54) is 29.1 Å². The molecule has 132 valence electrons. The van der Waals surface area contributed by atoms with E-state index in [1.807, 2.05) is 0 Å². The summed E-state index contributed by atoms with van der Waals surface area (Å²) >= 11 is 0. The van der Waals surface area contributed by atoms with Gasteiger partial charge in [0.2, 0.25) is 5.82 Å². The number of benzene rings is 1. The molecule has 2 aromatic heterocycles. The lowest BCUT2D eigenvalue weighted by atomic mass is 10.2. The molecular weight excluding hydrogens is 367 g/mol. The second-order valence-corrected chi connectivity index (χ2v) is 5.43. The van der Waals surface area contributed by atoms with Gasteiger partial charge in [-0.15, -0.1) is 10.2 Å². The van der Waals surface area contributed by atoms with E-state index in [2.05, 4.69) is 24.8 Å². The van der Waals surface area contributed by atoms with Crippen molar-refractivity contribution in [1.82, 2.24) is 25.2 Å². The van der Waals surface area contributed by atoms with E-state index in [-0.39, 0.29) is 12.3 Å². The van der Waals surface area contributed by atoms with Crippen LogP contribution in [0.2, 0.25) is 0 Å². The molecule has 2 heterocycles. The Balaban J connectivity index is 1.70. The number of carbonyl (C=O) groups is 1. The van der Waals surface area contributed by atoms with Crippen LogP contribution in [-0.2, 0) is 17.0 Å². The Hall–Kier alpha value is -3.54. The fraction of sp³-hybridized carbons (Fsp3) is 0.0714. The molecule has 3 rings (SSSR count). The molecule has 0 radical (unpaired) electrons. The summed E-state index contributed by atoms with van der Waals surface area (Å²) in [6, 6.07) is 8.79.